The summed E-state index contributed by atoms with van der Waals surface area (Å²) >= 11 is 0. The molecule has 1 saturated heterocycles. The molecule has 6 heteroatoms. The summed E-state index contributed by atoms with van der Waals surface area (Å²) in [6.07, 6.45) is 9.39. The van der Waals surface area contributed by atoms with Gasteiger partial charge in [0.25, 0.3) is 5.91 Å². The lowest BCUT2D eigenvalue weighted by atomic mass is 9.98. The van der Waals surface area contributed by atoms with Crippen LogP contribution >= 0.6 is 0 Å². The topological polar surface area (TPSA) is 69.0 Å². The van der Waals surface area contributed by atoms with Crippen molar-refractivity contribution in [2.45, 2.75) is 63.3 Å². The Morgan fingerprint density at radius 3 is 2.84 bits per heavy atom. The molecule has 2 fully saturated rings. The van der Waals surface area contributed by atoms with Crippen molar-refractivity contribution < 1.29 is 9.53 Å². The number of carbonyl (C=O) groups is 1. The number of aromatic nitrogens is 3. The van der Waals surface area contributed by atoms with Crippen LogP contribution in [0.3, 0.4) is 0 Å². The van der Waals surface area contributed by atoms with Gasteiger partial charge in [0.15, 0.2) is 0 Å². The molecule has 2 aliphatic rings. The van der Waals surface area contributed by atoms with Crippen LogP contribution in [0.15, 0.2) is 36.5 Å². The van der Waals surface area contributed by atoms with Gasteiger partial charge in [-0.1, -0.05) is 36.3 Å². The molecule has 1 atom stereocenters. The summed E-state index contributed by atoms with van der Waals surface area (Å²) in [5.74, 6) is -0.0996. The highest BCUT2D eigenvalue weighted by atomic mass is 16.5. The van der Waals surface area contributed by atoms with Crippen LogP contribution in [0, 0.1) is 0 Å². The second kappa shape index (κ2) is 6.96. The molecule has 6 nitrogen and oxygen atoms in total. The number of ether oxygens (including phenoxy) is 1. The first-order valence-electron chi connectivity index (χ1n) is 9.13. The molecule has 0 radical (unpaired) electrons. The van der Waals surface area contributed by atoms with E-state index in [2.05, 4.69) is 15.6 Å². The molecule has 1 aromatic carbocycles. The van der Waals surface area contributed by atoms with E-state index in [1.54, 1.807) is 12.1 Å². The first-order chi connectivity index (χ1) is 12.2. The Morgan fingerprint density at radius 2 is 2.04 bits per heavy atom. The van der Waals surface area contributed by atoms with Crippen molar-refractivity contribution in [1.29, 1.82) is 0 Å². The largest absolute Gasteiger partial charge is 0.370 e. The van der Waals surface area contributed by atoms with Crippen molar-refractivity contribution >= 4 is 5.91 Å². The maximum Gasteiger partial charge on any atom is 0.251 e. The predicted molar refractivity (Wildman–Crippen MR) is 92.9 cm³/mol. The third-order valence-corrected chi connectivity index (χ3v) is 5.30. The molecule has 1 aromatic heterocycles. The molecular formula is C19H24N4O2. The van der Waals surface area contributed by atoms with Gasteiger partial charge < -0.3 is 10.1 Å². The summed E-state index contributed by atoms with van der Waals surface area (Å²) in [4.78, 5) is 12.1. The number of rotatable bonds is 5. The SMILES string of the molecule is O=C(NCc1cn(CC2CCC3(CCCC3)O2)nn1)c1ccccc1. The average molecular weight is 340 g/mol. The van der Waals surface area contributed by atoms with Gasteiger partial charge in [-0.2, -0.15) is 0 Å². The zero-order chi connectivity index (χ0) is 17.1. The Hall–Kier alpha value is -2.21. The van der Waals surface area contributed by atoms with E-state index < -0.39 is 0 Å². The van der Waals surface area contributed by atoms with Crippen LogP contribution < -0.4 is 5.32 Å². The minimum Gasteiger partial charge on any atom is -0.370 e. The highest BCUT2D eigenvalue weighted by Crippen LogP contribution is 2.43. The van der Waals surface area contributed by atoms with Gasteiger partial charge in [0.1, 0.15) is 5.69 Å². The van der Waals surface area contributed by atoms with Crippen molar-refractivity contribution in [3.8, 4) is 0 Å². The van der Waals surface area contributed by atoms with Crippen molar-refractivity contribution in [2.75, 3.05) is 0 Å². The van der Waals surface area contributed by atoms with E-state index in [4.69, 9.17) is 4.74 Å². The Morgan fingerprint density at radius 1 is 1.24 bits per heavy atom. The molecular weight excluding hydrogens is 316 g/mol. The number of nitrogens with zero attached hydrogens (tertiary/aromatic N) is 3. The normalized spacial score (nSPS) is 21.7. The van der Waals surface area contributed by atoms with E-state index >= 15 is 0 Å². The molecule has 1 saturated carbocycles. The summed E-state index contributed by atoms with van der Waals surface area (Å²) in [5.41, 5.74) is 1.56. The lowest BCUT2D eigenvalue weighted by Gasteiger charge is -2.23. The number of hydrogen-bond donors (Lipinski definition) is 1. The Kier molecular flexibility index (Phi) is 4.53. The highest BCUT2D eigenvalue weighted by molar-refractivity contribution is 5.93. The van der Waals surface area contributed by atoms with E-state index in [-0.39, 0.29) is 17.6 Å². The Labute approximate surface area is 147 Å². The fourth-order valence-electron chi connectivity index (χ4n) is 3.99. The van der Waals surface area contributed by atoms with Crippen molar-refractivity contribution in [3.63, 3.8) is 0 Å². The molecule has 1 aliphatic carbocycles. The molecule has 1 spiro atoms. The van der Waals surface area contributed by atoms with Gasteiger partial charge in [-0.05, 0) is 37.8 Å². The van der Waals surface area contributed by atoms with E-state index in [1.807, 2.05) is 29.1 Å². The smallest absolute Gasteiger partial charge is 0.251 e. The third-order valence-electron chi connectivity index (χ3n) is 5.30. The van der Waals surface area contributed by atoms with E-state index in [9.17, 15) is 4.79 Å². The summed E-state index contributed by atoms with van der Waals surface area (Å²) in [6, 6.07) is 9.18. The highest BCUT2D eigenvalue weighted by Gasteiger charge is 2.42. The first kappa shape index (κ1) is 16.3. The number of carbonyl (C=O) groups excluding carboxylic acids is 1. The summed E-state index contributed by atoms with van der Waals surface area (Å²) in [7, 11) is 0. The van der Waals surface area contributed by atoms with Gasteiger partial charge in [0, 0.05) is 5.56 Å². The Balaban J connectivity index is 1.28. The molecule has 25 heavy (non-hydrogen) atoms. The van der Waals surface area contributed by atoms with Crippen LogP contribution in [-0.2, 0) is 17.8 Å². The maximum absolute atomic E-state index is 12.1. The lowest BCUT2D eigenvalue weighted by Crippen LogP contribution is -2.26. The van der Waals surface area contributed by atoms with Crippen LogP contribution in [0.25, 0.3) is 0 Å². The molecule has 2 aromatic rings. The zero-order valence-electron chi connectivity index (χ0n) is 14.4. The van der Waals surface area contributed by atoms with Crippen molar-refractivity contribution in [1.82, 2.24) is 20.3 Å². The minimum absolute atomic E-state index is 0.0996. The monoisotopic (exact) mass is 340 g/mol. The third kappa shape index (κ3) is 3.74. The number of hydrogen-bond acceptors (Lipinski definition) is 4. The molecule has 1 amide bonds. The molecule has 1 aliphatic heterocycles. The molecule has 2 heterocycles. The van der Waals surface area contributed by atoms with Gasteiger partial charge in [0.05, 0.1) is 31.0 Å². The predicted octanol–water partition coefficient (Wildman–Crippen LogP) is 2.70. The van der Waals surface area contributed by atoms with Gasteiger partial charge in [-0.15, -0.1) is 5.10 Å². The standard InChI is InChI=1S/C19H24N4O2/c24-18(15-6-2-1-3-7-15)20-12-16-13-23(22-21-16)14-17-8-11-19(25-17)9-4-5-10-19/h1-3,6-7,13,17H,4-5,8-12,14H2,(H,20,24). The zero-order valence-corrected chi connectivity index (χ0v) is 14.4. The number of amides is 1. The molecule has 1 unspecified atom stereocenters. The quantitative estimate of drug-likeness (QED) is 0.908. The fourth-order valence-corrected chi connectivity index (χ4v) is 3.99. The molecule has 0 bridgehead atoms. The van der Waals surface area contributed by atoms with Crippen LogP contribution in [-0.4, -0.2) is 32.6 Å². The van der Waals surface area contributed by atoms with E-state index in [0.717, 1.165) is 18.7 Å². The second-order valence-corrected chi connectivity index (χ2v) is 7.15. The van der Waals surface area contributed by atoms with Crippen LogP contribution in [0.2, 0.25) is 0 Å². The van der Waals surface area contributed by atoms with Gasteiger partial charge in [-0.25, -0.2) is 4.68 Å². The summed E-state index contributed by atoms with van der Waals surface area (Å²) < 4.78 is 8.16. The van der Waals surface area contributed by atoms with Crippen molar-refractivity contribution in [2.24, 2.45) is 0 Å². The second-order valence-electron chi connectivity index (χ2n) is 7.15. The molecule has 1 N–H and O–H groups in total. The van der Waals surface area contributed by atoms with Crippen LogP contribution in [0.4, 0.5) is 0 Å². The fraction of sp³-hybridized carbons (Fsp3) is 0.526. The van der Waals surface area contributed by atoms with Gasteiger partial charge >= 0.3 is 0 Å². The first-order valence-corrected chi connectivity index (χ1v) is 9.13. The number of nitrogens with one attached hydrogen (secondary N) is 1. The van der Waals surface area contributed by atoms with Gasteiger partial charge in [-0.3, -0.25) is 4.79 Å². The number of benzene rings is 1. The van der Waals surface area contributed by atoms with E-state index in [1.165, 1.54) is 32.1 Å². The van der Waals surface area contributed by atoms with Crippen molar-refractivity contribution in [3.05, 3.63) is 47.8 Å². The van der Waals surface area contributed by atoms with Crippen LogP contribution in [0.5, 0.6) is 0 Å². The molecule has 132 valence electrons. The molecule has 4 rings (SSSR count). The lowest BCUT2D eigenvalue weighted by molar-refractivity contribution is -0.0430. The average Bonchev–Trinajstić information content (AvgIpc) is 3.37. The van der Waals surface area contributed by atoms with Gasteiger partial charge in [0.2, 0.25) is 0 Å². The summed E-state index contributed by atoms with van der Waals surface area (Å²) in [5, 5.41) is 11.2. The Bertz CT molecular complexity index is 722. The minimum atomic E-state index is -0.0996. The summed E-state index contributed by atoms with van der Waals surface area (Å²) in [6.45, 7) is 1.12. The van der Waals surface area contributed by atoms with E-state index in [0.29, 0.717) is 12.1 Å². The van der Waals surface area contributed by atoms with Crippen LogP contribution in [0.1, 0.15) is 54.6 Å². The maximum atomic E-state index is 12.1.